The SMILES string of the molecule is Br.O=C1CCC(O)(CCCCP)O1. The van der Waals surface area contributed by atoms with Gasteiger partial charge in [0.2, 0.25) is 5.79 Å². The van der Waals surface area contributed by atoms with Crippen LogP contribution in [0.3, 0.4) is 0 Å². The third-order valence-corrected chi connectivity index (χ3v) is 2.45. The maximum atomic E-state index is 10.7. The van der Waals surface area contributed by atoms with Crippen molar-refractivity contribution in [3.05, 3.63) is 0 Å². The Morgan fingerprint density at radius 3 is 2.69 bits per heavy atom. The molecule has 13 heavy (non-hydrogen) atoms. The minimum absolute atomic E-state index is 0. The molecule has 0 aromatic carbocycles. The van der Waals surface area contributed by atoms with Crippen molar-refractivity contribution in [1.82, 2.24) is 0 Å². The first-order valence-corrected chi connectivity index (χ1v) is 5.12. The van der Waals surface area contributed by atoms with Crippen molar-refractivity contribution in [1.29, 1.82) is 0 Å². The van der Waals surface area contributed by atoms with Gasteiger partial charge in [-0.3, -0.25) is 4.79 Å². The number of hydrogen-bond donors (Lipinski definition) is 1. The van der Waals surface area contributed by atoms with Crippen LogP contribution >= 0.6 is 26.2 Å². The van der Waals surface area contributed by atoms with Crippen molar-refractivity contribution >= 4 is 32.2 Å². The topological polar surface area (TPSA) is 46.5 Å². The summed E-state index contributed by atoms with van der Waals surface area (Å²) in [6.07, 6.45) is 4.38. The Balaban J connectivity index is 0.00000144. The molecular weight excluding hydrogens is 255 g/mol. The fraction of sp³-hybridized carbons (Fsp3) is 0.875. The van der Waals surface area contributed by atoms with Crippen molar-refractivity contribution in [2.24, 2.45) is 0 Å². The van der Waals surface area contributed by atoms with E-state index in [9.17, 15) is 9.90 Å². The Labute approximate surface area is 91.2 Å². The molecule has 1 aliphatic rings. The van der Waals surface area contributed by atoms with Crippen LogP contribution in [0.2, 0.25) is 0 Å². The molecule has 1 N–H and O–H groups in total. The zero-order chi connectivity index (χ0) is 9.03. The number of esters is 1. The van der Waals surface area contributed by atoms with Crippen LogP contribution < -0.4 is 0 Å². The number of ether oxygens (including phenoxy) is 1. The number of rotatable bonds is 4. The summed E-state index contributed by atoms with van der Waals surface area (Å²) in [6, 6.07) is 0. The molecular formula is C8H16BrO3P. The Kier molecular flexibility index (Phi) is 6.10. The average Bonchev–Trinajstić information content (AvgIpc) is 2.32. The smallest absolute Gasteiger partial charge is 0.308 e. The van der Waals surface area contributed by atoms with Crippen molar-refractivity contribution < 1.29 is 14.6 Å². The van der Waals surface area contributed by atoms with Crippen molar-refractivity contribution in [2.45, 2.75) is 37.9 Å². The maximum absolute atomic E-state index is 10.7. The van der Waals surface area contributed by atoms with E-state index in [2.05, 4.69) is 9.24 Å². The first-order chi connectivity index (χ1) is 5.66. The zero-order valence-corrected chi connectivity index (χ0v) is 10.4. The fourth-order valence-corrected chi connectivity index (χ4v) is 1.62. The second kappa shape index (κ2) is 5.94. The van der Waals surface area contributed by atoms with E-state index in [1.165, 1.54) is 0 Å². The van der Waals surface area contributed by atoms with Crippen molar-refractivity contribution in [3.63, 3.8) is 0 Å². The van der Waals surface area contributed by atoms with Gasteiger partial charge in [-0.1, -0.05) is 0 Å². The van der Waals surface area contributed by atoms with Gasteiger partial charge in [0.1, 0.15) is 0 Å². The third kappa shape index (κ3) is 4.39. The average molecular weight is 271 g/mol. The van der Waals surface area contributed by atoms with Crippen LogP contribution in [0.5, 0.6) is 0 Å². The lowest BCUT2D eigenvalue weighted by Gasteiger charge is -2.20. The number of unbranched alkanes of at least 4 members (excludes halogenated alkanes) is 1. The molecule has 0 saturated carbocycles. The largest absolute Gasteiger partial charge is 0.433 e. The van der Waals surface area contributed by atoms with Crippen LogP contribution in [0.25, 0.3) is 0 Å². The highest BCUT2D eigenvalue weighted by Gasteiger charge is 2.37. The summed E-state index contributed by atoms with van der Waals surface area (Å²) in [7, 11) is 2.63. The normalized spacial score (nSPS) is 26.8. The minimum atomic E-state index is -1.14. The van der Waals surface area contributed by atoms with E-state index in [-0.39, 0.29) is 23.0 Å². The van der Waals surface area contributed by atoms with Crippen LogP contribution in [0, 0.1) is 0 Å². The molecule has 0 aromatic heterocycles. The van der Waals surface area contributed by atoms with Crippen LogP contribution in [-0.2, 0) is 9.53 Å². The predicted molar refractivity (Wildman–Crippen MR) is 59.0 cm³/mol. The molecule has 0 amide bonds. The molecule has 1 fully saturated rings. The molecule has 0 spiro atoms. The first kappa shape index (κ1) is 13.3. The van der Waals surface area contributed by atoms with Gasteiger partial charge in [0, 0.05) is 12.8 Å². The van der Waals surface area contributed by atoms with Gasteiger partial charge in [-0.05, 0) is 19.0 Å². The van der Waals surface area contributed by atoms with E-state index in [1.54, 1.807) is 0 Å². The van der Waals surface area contributed by atoms with E-state index in [1.807, 2.05) is 0 Å². The summed E-state index contributed by atoms with van der Waals surface area (Å²) in [6.45, 7) is 0. The highest BCUT2D eigenvalue weighted by atomic mass is 79.9. The lowest BCUT2D eigenvalue weighted by molar-refractivity contribution is -0.190. The monoisotopic (exact) mass is 270 g/mol. The fourth-order valence-electron chi connectivity index (χ4n) is 1.33. The van der Waals surface area contributed by atoms with Gasteiger partial charge in [0.05, 0.1) is 6.42 Å². The van der Waals surface area contributed by atoms with Gasteiger partial charge in [-0.2, -0.15) is 0 Å². The number of hydrogen-bond acceptors (Lipinski definition) is 3. The highest BCUT2D eigenvalue weighted by molar-refractivity contribution is 8.93. The van der Waals surface area contributed by atoms with Crippen molar-refractivity contribution in [3.8, 4) is 0 Å². The van der Waals surface area contributed by atoms with Gasteiger partial charge >= 0.3 is 5.97 Å². The summed E-state index contributed by atoms with van der Waals surface area (Å²) >= 11 is 0. The molecule has 78 valence electrons. The van der Waals surface area contributed by atoms with Crippen LogP contribution in [0.15, 0.2) is 0 Å². The van der Waals surface area contributed by atoms with Crippen LogP contribution in [0.1, 0.15) is 32.1 Å². The molecule has 1 aliphatic heterocycles. The van der Waals surface area contributed by atoms with E-state index in [4.69, 9.17) is 4.74 Å². The molecule has 1 heterocycles. The second-order valence-corrected chi connectivity index (χ2v) is 3.74. The van der Waals surface area contributed by atoms with Gasteiger partial charge in [-0.25, -0.2) is 0 Å². The highest BCUT2D eigenvalue weighted by Crippen LogP contribution is 2.28. The number of carbonyl (C=O) groups excluding carboxylic acids is 1. The van der Waals surface area contributed by atoms with Gasteiger partial charge in [0.15, 0.2) is 0 Å². The van der Waals surface area contributed by atoms with Crippen LogP contribution in [-0.4, -0.2) is 23.0 Å². The molecule has 0 radical (unpaired) electrons. The summed E-state index contributed by atoms with van der Waals surface area (Å²) in [5.41, 5.74) is 0. The quantitative estimate of drug-likeness (QED) is 0.480. The second-order valence-electron chi connectivity index (χ2n) is 3.17. The van der Waals surface area contributed by atoms with E-state index in [0.717, 1.165) is 19.0 Å². The lowest BCUT2D eigenvalue weighted by atomic mass is 10.1. The molecule has 0 aliphatic carbocycles. The van der Waals surface area contributed by atoms with E-state index < -0.39 is 5.79 Å². The van der Waals surface area contributed by atoms with E-state index >= 15 is 0 Å². The molecule has 1 saturated heterocycles. The van der Waals surface area contributed by atoms with Gasteiger partial charge < -0.3 is 9.84 Å². The predicted octanol–water partition coefficient (Wildman–Crippen LogP) is 1.64. The molecule has 0 aromatic rings. The van der Waals surface area contributed by atoms with Gasteiger partial charge in [-0.15, -0.1) is 26.2 Å². The molecule has 2 atom stereocenters. The Bertz CT molecular complexity index is 177. The summed E-state index contributed by atoms with van der Waals surface area (Å²) in [4.78, 5) is 10.7. The van der Waals surface area contributed by atoms with Gasteiger partial charge in [0.25, 0.3) is 0 Å². The standard InChI is InChI=1S/C8H15O3P.BrH/c9-7-3-5-8(10,11-7)4-1-2-6-12;/h10H,1-6,12H2;1H. The maximum Gasteiger partial charge on any atom is 0.308 e. The summed E-state index contributed by atoms with van der Waals surface area (Å²) < 4.78 is 4.81. The Morgan fingerprint density at radius 2 is 2.23 bits per heavy atom. The third-order valence-electron chi connectivity index (χ3n) is 2.05. The Hall–Kier alpha value is 0.340. The number of aliphatic hydroxyl groups is 1. The molecule has 0 bridgehead atoms. The lowest BCUT2D eigenvalue weighted by Crippen LogP contribution is -2.27. The Morgan fingerprint density at radius 1 is 1.54 bits per heavy atom. The van der Waals surface area contributed by atoms with Crippen molar-refractivity contribution in [2.75, 3.05) is 6.16 Å². The first-order valence-electron chi connectivity index (χ1n) is 4.30. The molecule has 3 nitrogen and oxygen atoms in total. The van der Waals surface area contributed by atoms with Crippen LogP contribution in [0.4, 0.5) is 0 Å². The number of cyclic esters (lactones) is 1. The number of carbonyl (C=O) groups is 1. The molecule has 1 rings (SSSR count). The van der Waals surface area contributed by atoms with E-state index in [0.29, 0.717) is 19.3 Å². The molecule has 2 unspecified atom stereocenters. The summed E-state index contributed by atoms with van der Waals surface area (Å²) in [5.74, 6) is -1.42. The number of halogens is 1. The summed E-state index contributed by atoms with van der Waals surface area (Å²) in [5, 5.41) is 9.64. The minimum Gasteiger partial charge on any atom is -0.433 e. The molecule has 5 heteroatoms. The zero-order valence-electron chi connectivity index (χ0n) is 7.49.